The molecule has 1 amide bonds. The lowest BCUT2D eigenvalue weighted by Crippen LogP contribution is -2.48. The van der Waals surface area contributed by atoms with Crippen molar-refractivity contribution in [2.45, 2.75) is 83.9 Å². The predicted molar refractivity (Wildman–Crippen MR) is 139 cm³/mol. The number of carbonyl (C=O) groups is 1. The minimum absolute atomic E-state index is 0. The number of hydrogen-bond donors (Lipinski definition) is 3. The second kappa shape index (κ2) is 12.5. The van der Waals surface area contributed by atoms with Gasteiger partial charge in [-0.05, 0) is 77.0 Å². The van der Waals surface area contributed by atoms with Crippen LogP contribution in [-0.4, -0.2) is 49.4 Å². The summed E-state index contributed by atoms with van der Waals surface area (Å²) in [7, 11) is 0. The van der Waals surface area contributed by atoms with E-state index in [-0.39, 0.29) is 36.1 Å². The highest BCUT2D eigenvalue weighted by atomic mass is 127. The first-order valence-corrected chi connectivity index (χ1v) is 11.6. The van der Waals surface area contributed by atoms with Crippen LogP contribution >= 0.6 is 24.0 Å². The van der Waals surface area contributed by atoms with Gasteiger partial charge in [-0.3, -0.25) is 4.99 Å². The molecule has 0 saturated heterocycles. The molecule has 1 aromatic rings. The van der Waals surface area contributed by atoms with Crippen molar-refractivity contribution < 1.29 is 14.3 Å². The van der Waals surface area contributed by atoms with Crippen LogP contribution in [0, 0.1) is 0 Å². The van der Waals surface area contributed by atoms with Gasteiger partial charge in [-0.15, -0.1) is 24.0 Å². The van der Waals surface area contributed by atoms with Crippen molar-refractivity contribution in [3.63, 3.8) is 0 Å². The number of benzene rings is 1. The fourth-order valence-corrected chi connectivity index (χ4v) is 4.06. The van der Waals surface area contributed by atoms with Crippen LogP contribution in [0.5, 0.6) is 5.75 Å². The van der Waals surface area contributed by atoms with E-state index in [4.69, 9.17) is 14.5 Å². The zero-order valence-corrected chi connectivity index (χ0v) is 22.2. The van der Waals surface area contributed by atoms with Crippen LogP contribution in [0.25, 0.3) is 0 Å². The molecule has 1 saturated carbocycles. The third kappa shape index (κ3) is 8.67. The van der Waals surface area contributed by atoms with E-state index in [0.717, 1.165) is 69.9 Å². The molecule has 0 spiro atoms. The molecule has 1 aliphatic carbocycles. The molecule has 1 aliphatic heterocycles. The molecule has 2 aliphatic rings. The Morgan fingerprint density at radius 2 is 1.84 bits per heavy atom. The molecule has 0 radical (unpaired) electrons. The first-order chi connectivity index (χ1) is 14.8. The van der Waals surface area contributed by atoms with Crippen LogP contribution in [0.4, 0.5) is 4.79 Å². The summed E-state index contributed by atoms with van der Waals surface area (Å²) < 4.78 is 11.0. The lowest BCUT2D eigenvalue weighted by molar-refractivity contribution is 0.0490. The second-order valence-corrected chi connectivity index (χ2v) is 9.39. The molecule has 3 N–H and O–H groups in total. The van der Waals surface area contributed by atoms with Crippen LogP contribution in [0.3, 0.4) is 0 Å². The lowest BCUT2D eigenvalue weighted by atomic mass is 9.91. The number of carbonyl (C=O) groups excluding carboxylic acids is 1. The van der Waals surface area contributed by atoms with E-state index < -0.39 is 5.60 Å². The fraction of sp³-hybridized carbons (Fsp3) is 0.667. The Balaban J connectivity index is 0.00000363. The van der Waals surface area contributed by atoms with Gasteiger partial charge in [-0.2, -0.15) is 0 Å². The molecular weight excluding hydrogens is 519 g/mol. The summed E-state index contributed by atoms with van der Waals surface area (Å²) in [5, 5.41) is 9.93. The maximum Gasteiger partial charge on any atom is 0.407 e. The van der Waals surface area contributed by atoms with E-state index in [0.29, 0.717) is 6.04 Å². The first-order valence-electron chi connectivity index (χ1n) is 11.6. The zero-order valence-electron chi connectivity index (χ0n) is 19.8. The summed E-state index contributed by atoms with van der Waals surface area (Å²) in [6.45, 7) is 10.1. The van der Waals surface area contributed by atoms with Crippen molar-refractivity contribution in [1.29, 1.82) is 0 Å². The Labute approximate surface area is 209 Å². The highest BCUT2D eigenvalue weighted by molar-refractivity contribution is 14.0. The second-order valence-electron chi connectivity index (χ2n) is 9.39. The van der Waals surface area contributed by atoms with Crippen LogP contribution in [0.2, 0.25) is 0 Å². The average molecular weight is 559 g/mol. The topological polar surface area (TPSA) is 84.0 Å². The van der Waals surface area contributed by atoms with E-state index in [9.17, 15) is 4.79 Å². The number of ether oxygens (including phenoxy) is 2. The van der Waals surface area contributed by atoms with E-state index >= 15 is 0 Å². The standard InChI is InChI=1S/C24H38N4O3.HI/c1-5-25-22(26-14-12-17-6-11-21-18(16-17)13-15-30-21)27-19-7-9-20(10-8-19)28-23(29)31-24(2,3)4;/h6,11,16,19-20H,5,7-10,12-15H2,1-4H3,(H,28,29)(H2,25,26,27);1H. The van der Waals surface area contributed by atoms with Crippen LogP contribution in [0.1, 0.15) is 64.5 Å². The summed E-state index contributed by atoms with van der Waals surface area (Å²) in [4.78, 5) is 16.8. The Bertz CT molecular complexity index is 771. The maximum atomic E-state index is 12.0. The quantitative estimate of drug-likeness (QED) is 0.277. The molecular formula is C24H39IN4O3. The molecule has 3 rings (SSSR count). The molecule has 1 fully saturated rings. The Morgan fingerprint density at radius 3 is 2.50 bits per heavy atom. The third-order valence-electron chi connectivity index (χ3n) is 5.56. The van der Waals surface area contributed by atoms with Crippen molar-refractivity contribution in [2.75, 3.05) is 19.7 Å². The smallest absolute Gasteiger partial charge is 0.407 e. The number of alkyl carbamates (subject to hydrolysis) is 1. The number of hydrogen-bond acceptors (Lipinski definition) is 4. The van der Waals surface area contributed by atoms with Crippen LogP contribution < -0.4 is 20.7 Å². The third-order valence-corrected chi connectivity index (χ3v) is 5.56. The molecule has 1 aromatic carbocycles. The summed E-state index contributed by atoms with van der Waals surface area (Å²) >= 11 is 0. The van der Waals surface area contributed by atoms with Gasteiger partial charge < -0.3 is 25.4 Å². The molecule has 32 heavy (non-hydrogen) atoms. The summed E-state index contributed by atoms with van der Waals surface area (Å²) in [5.41, 5.74) is 2.15. The van der Waals surface area contributed by atoms with E-state index in [2.05, 4.69) is 41.1 Å². The number of amides is 1. The van der Waals surface area contributed by atoms with Gasteiger partial charge in [-0.25, -0.2) is 4.79 Å². The highest BCUT2D eigenvalue weighted by Gasteiger charge is 2.25. The van der Waals surface area contributed by atoms with Gasteiger partial charge in [0.2, 0.25) is 0 Å². The van der Waals surface area contributed by atoms with Crippen molar-refractivity contribution in [3.05, 3.63) is 29.3 Å². The minimum atomic E-state index is -0.465. The van der Waals surface area contributed by atoms with Crippen molar-refractivity contribution in [1.82, 2.24) is 16.0 Å². The minimum Gasteiger partial charge on any atom is -0.493 e. The number of nitrogens with one attached hydrogen (secondary N) is 3. The lowest BCUT2D eigenvalue weighted by Gasteiger charge is -2.31. The monoisotopic (exact) mass is 558 g/mol. The van der Waals surface area contributed by atoms with Crippen LogP contribution in [0.15, 0.2) is 23.2 Å². The van der Waals surface area contributed by atoms with Gasteiger partial charge >= 0.3 is 6.09 Å². The summed E-state index contributed by atoms with van der Waals surface area (Å²) in [6, 6.07) is 7.01. The number of rotatable bonds is 6. The Morgan fingerprint density at radius 1 is 1.16 bits per heavy atom. The van der Waals surface area contributed by atoms with Gasteiger partial charge in [-0.1, -0.05) is 12.1 Å². The molecule has 8 heteroatoms. The molecule has 180 valence electrons. The zero-order chi connectivity index (χ0) is 22.3. The molecule has 0 aromatic heterocycles. The summed E-state index contributed by atoms with van der Waals surface area (Å²) in [6.07, 6.45) is 5.46. The number of nitrogens with zero attached hydrogens (tertiary/aromatic N) is 1. The fourth-order valence-electron chi connectivity index (χ4n) is 4.06. The van der Waals surface area contributed by atoms with Gasteiger partial charge in [0.05, 0.1) is 6.61 Å². The Kier molecular flexibility index (Phi) is 10.4. The molecule has 0 atom stereocenters. The average Bonchev–Trinajstić information content (AvgIpc) is 3.16. The van der Waals surface area contributed by atoms with Crippen molar-refractivity contribution in [3.8, 4) is 5.75 Å². The van der Waals surface area contributed by atoms with Gasteiger partial charge in [0, 0.05) is 31.6 Å². The van der Waals surface area contributed by atoms with Crippen LogP contribution in [-0.2, 0) is 17.6 Å². The number of fused-ring (bicyclic) bond motifs is 1. The van der Waals surface area contributed by atoms with E-state index in [1.165, 1.54) is 11.1 Å². The summed E-state index contributed by atoms with van der Waals surface area (Å²) in [5.74, 6) is 1.90. The Hall–Kier alpha value is -1.71. The SMILES string of the molecule is CCNC(=NCCc1ccc2c(c1)CCO2)NC1CCC(NC(=O)OC(C)(C)C)CC1.I. The number of guanidine groups is 1. The normalized spacial score (nSPS) is 20.4. The first kappa shape index (κ1) is 26.5. The largest absolute Gasteiger partial charge is 0.493 e. The molecule has 0 unspecified atom stereocenters. The van der Waals surface area contributed by atoms with Gasteiger partial charge in [0.25, 0.3) is 0 Å². The number of aliphatic imine (C=N–C) groups is 1. The number of halogens is 1. The molecule has 7 nitrogen and oxygen atoms in total. The van der Waals surface area contributed by atoms with Gasteiger partial charge in [0.15, 0.2) is 5.96 Å². The van der Waals surface area contributed by atoms with Gasteiger partial charge in [0.1, 0.15) is 11.4 Å². The predicted octanol–water partition coefficient (Wildman–Crippen LogP) is 4.17. The molecule has 1 heterocycles. The van der Waals surface area contributed by atoms with E-state index in [1.807, 2.05) is 20.8 Å². The van der Waals surface area contributed by atoms with E-state index in [1.54, 1.807) is 0 Å². The molecule has 0 bridgehead atoms. The maximum absolute atomic E-state index is 12.0. The van der Waals surface area contributed by atoms with Crippen molar-refractivity contribution in [2.24, 2.45) is 4.99 Å². The van der Waals surface area contributed by atoms with Crippen molar-refractivity contribution >= 4 is 36.0 Å². The highest BCUT2D eigenvalue weighted by Crippen LogP contribution is 2.26.